The standard InChI is InChI=1S/C19H15NO4/c1-12-16-5-3-4-6-17(16)19(23)20(12)11-18(22)24-15-9-7-14(8-10-15)13(2)21/h3-10H,1,11H2,2H3. The van der Waals surface area contributed by atoms with E-state index in [0.717, 1.165) is 5.56 Å². The molecule has 0 unspecified atom stereocenters. The monoisotopic (exact) mass is 321 g/mol. The highest BCUT2D eigenvalue weighted by Crippen LogP contribution is 2.30. The van der Waals surface area contributed by atoms with E-state index in [9.17, 15) is 14.4 Å². The number of hydrogen-bond donors (Lipinski definition) is 0. The Kier molecular flexibility index (Phi) is 4.00. The SMILES string of the molecule is C=C1c2ccccc2C(=O)N1CC(=O)Oc1ccc(C(C)=O)cc1. The maximum atomic E-state index is 12.3. The Labute approximate surface area is 139 Å². The molecule has 5 heteroatoms. The zero-order valence-electron chi connectivity index (χ0n) is 13.1. The number of hydrogen-bond acceptors (Lipinski definition) is 4. The highest BCUT2D eigenvalue weighted by molar-refractivity contribution is 6.10. The van der Waals surface area contributed by atoms with Crippen LogP contribution in [0.15, 0.2) is 55.1 Å². The van der Waals surface area contributed by atoms with Crippen molar-refractivity contribution in [2.24, 2.45) is 0 Å². The van der Waals surface area contributed by atoms with E-state index in [0.29, 0.717) is 22.6 Å². The fourth-order valence-corrected chi connectivity index (χ4v) is 2.55. The highest BCUT2D eigenvalue weighted by atomic mass is 16.5. The molecular formula is C19H15NO4. The Hall–Kier alpha value is -3.21. The average Bonchev–Trinajstić information content (AvgIpc) is 2.81. The quantitative estimate of drug-likeness (QED) is 0.493. The van der Waals surface area contributed by atoms with E-state index < -0.39 is 5.97 Å². The Morgan fingerprint density at radius 3 is 2.25 bits per heavy atom. The molecule has 1 aliphatic rings. The third kappa shape index (κ3) is 2.84. The van der Waals surface area contributed by atoms with Gasteiger partial charge < -0.3 is 4.74 Å². The highest BCUT2D eigenvalue weighted by Gasteiger charge is 2.32. The molecule has 0 fully saturated rings. The number of carbonyl (C=O) groups excluding carboxylic acids is 3. The minimum atomic E-state index is -0.576. The van der Waals surface area contributed by atoms with Gasteiger partial charge in [-0.1, -0.05) is 24.8 Å². The van der Waals surface area contributed by atoms with Gasteiger partial charge in [0.05, 0.1) is 0 Å². The van der Waals surface area contributed by atoms with E-state index in [-0.39, 0.29) is 18.2 Å². The third-order valence-electron chi connectivity index (χ3n) is 3.82. The number of rotatable bonds is 4. The summed E-state index contributed by atoms with van der Waals surface area (Å²) in [7, 11) is 0. The molecule has 0 saturated heterocycles. The first-order chi connectivity index (χ1) is 11.5. The molecule has 0 radical (unpaired) electrons. The van der Waals surface area contributed by atoms with Crippen LogP contribution >= 0.6 is 0 Å². The summed E-state index contributed by atoms with van der Waals surface area (Å²) in [5.41, 5.74) is 2.27. The second kappa shape index (κ2) is 6.12. The van der Waals surface area contributed by atoms with E-state index >= 15 is 0 Å². The Balaban J connectivity index is 1.69. The fourth-order valence-electron chi connectivity index (χ4n) is 2.55. The zero-order chi connectivity index (χ0) is 17.3. The normalized spacial score (nSPS) is 13.0. The van der Waals surface area contributed by atoms with E-state index in [1.807, 2.05) is 6.07 Å². The van der Waals surface area contributed by atoms with Crippen molar-refractivity contribution in [2.75, 3.05) is 6.54 Å². The maximum Gasteiger partial charge on any atom is 0.331 e. The van der Waals surface area contributed by atoms with Crippen LogP contribution in [0, 0.1) is 0 Å². The van der Waals surface area contributed by atoms with Gasteiger partial charge in [-0.15, -0.1) is 0 Å². The van der Waals surface area contributed by atoms with Crippen LogP contribution in [-0.2, 0) is 4.79 Å². The van der Waals surface area contributed by atoms with Gasteiger partial charge in [-0.2, -0.15) is 0 Å². The molecule has 2 aromatic rings. The molecule has 1 aliphatic heterocycles. The molecule has 0 atom stereocenters. The first-order valence-corrected chi connectivity index (χ1v) is 7.39. The minimum absolute atomic E-state index is 0.0652. The largest absolute Gasteiger partial charge is 0.425 e. The summed E-state index contributed by atoms with van der Waals surface area (Å²) < 4.78 is 5.22. The number of fused-ring (bicyclic) bond motifs is 1. The van der Waals surface area contributed by atoms with Crippen molar-refractivity contribution >= 4 is 23.4 Å². The topological polar surface area (TPSA) is 63.7 Å². The number of nitrogens with zero attached hydrogens (tertiary/aromatic N) is 1. The molecule has 1 amide bonds. The second-order valence-electron chi connectivity index (χ2n) is 5.44. The number of ether oxygens (including phenoxy) is 1. The lowest BCUT2D eigenvalue weighted by molar-refractivity contribution is -0.134. The van der Waals surface area contributed by atoms with Crippen LogP contribution in [0.3, 0.4) is 0 Å². The van der Waals surface area contributed by atoms with Gasteiger partial charge in [-0.3, -0.25) is 14.5 Å². The Morgan fingerprint density at radius 1 is 1.04 bits per heavy atom. The summed E-state index contributed by atoms with van der Waals surface area (Å²) in [5, 5.41) is 0. The Bertz CT molecular complexity index is 817. The predicted molar refractivity (Wildman–Crippen MR) is 88.6 cm³/mol. The van der Waals surface area contributed by atoms with Gasteiger partial charge in [0.1, 0.15) is 12.3 Å². The molecule has 5 nitrogen and oxygen atoms in total. The van der Waals surface area contributed by atoms with Crippen LogP contribution in [0.2, 0.25) is 0 Å². The third-order valence-corrected chi connectivity index (χ3v) is 3.82. The summed E-state index contributed by atoms with van der Waals surface area (Å²) in [5.74, 6) is -0.586. The molecule has 0 bridgehead atoms. The van der Waals surface area contributed by atoms with Gasteiger partial charge in [0.25, 0.3) is 5.91 Å². The summed E-state index contributed by atoms with van der Waals surface area (Å²) in [6.07, 6.45) is 0. The molecule has 24 heavy (non-hydrogen) atoms. The smallest absolute Gasteiger partial charge is 0.331 e. The molecule has 0 saturated carbocycles. The summed E-state index contributed by atoms with van der Waals surface area (Å²) in [6, 6.07) is 13.3. The van der Waals surface area contributed by atoms with Crippen LogP contribution in [0.25, 0.3) is 5.70 Å². The van der Waals surface area contributed by atoms with Crippen LogP contribution in [0.4, 0.5) is 0 Å². The Morgan fingerprint density at radius 2 is 1.67 bits per heavy atom. The van der Waals surface area contributed by atoms with Crippen molar-refractivity contribution in [3.8, 4) is 5.75 Å². The van der Waals surface area contributed by atoms with Gasteiger partial charge in [-0.25, -0.2) is 4.79 Å². The van der Waals surface area contributed by atoms with Crippen molar-refractivity contribution < 1.29 is 19.1 Å². The first-order valence-electron chi connectivity index (χ1n) is 7.39. The summed E-state index contributed by atoms with van der Waals surface area (Å²) >= 11 is 0. The van der Waals surface area contributed by atoms with Crippen LogP contribution in [0.1, 0.15) is 33.2 Å². The molecule has 3 rings (SSSR count). The number of benzene rings is 2. The van der Waals surface area contributed by atoms with Gasteiger partial charge in [0.2, 0.25) is 0 Å². The summed E-state index contributed by atoms with van der Waals surface area (Å²) in [4.78, 5) is 37.0. The lowest BCUT2D eigenvalue weighted by atomic mass is 10.1. The lowest BCUT2D eigenvalue weighted by Crippen LogP contribution is -2.31. The predicted octanol–water partition coefficient (Wildman–Crippen LogP) is 2.92. The molecule has 2 aromatic carbocycles. The number of esters is 1. The van der Waals surface area contributed by atoms with Gasteiger partial charge in [0, 0.05) is 22.4 Å². The van der Waals surface area contributed by atoms with Gasteiger partial charge in [0.15, 0.2) is 5.78 Å². The molecular weight excluding hydrogens is 306 g/mol. The molecule has 120 valence electrons. The fraction of sp³-hybridized carbons (Fsp3) is 0.105. The van der Waals surface area contributed by atoms with Crippen molar-refractivity contribution in [3.63, 3.8) is 0 Å². The minimum Gasteiger partial charge on any atom is -0.425 e. The molecule has 1 heterocycles. The number of carbonyl (C=O) groups is 3. The van der Waals surface area contributed by atoms with Gasteiger partial charge >= 0.3 is 5.97 Å². The van der Waals surface area contributed by atoms with E-state index in [4.69, 9.17) is 4.74 Å². The van der Waals surface area contributed by atoms with E-state index in [1.165, 1.54) is 11.8 Å². The summed E-state index contributed by atoms with van der Waals surface area (Å²) in [6.45, 7) is 5.12. The molecule has 0 aliphatic carbocycles. The van der Waals surface area contributed by atoms with Crippen molar-refractivity contribution in [2.45, 2.75) is 6.92 Å². The van der Waals surface area contributed by atoms with Crippen LogP contribution < -0.4 is 4.74 Å². The van der Waals surface area contributed by atoms with E-state index in [1.54, 1.807) is 42.5 Å². The van der Waals surface area contributed by atoms with Gasteiger partial charge in [-0.05, 0) is 37.3 Å². The maximum absolute atomic E-state index is 12.3. The first kappa shape index (κ1) is 15.7. The molecule has 0 spiro atoms. The van der Waals surface area contributed by atoms with Crippen molar-refractivity contribution in [3.05, 3.63) is 71.8 Å². The zero-order valence-corrected chi connectivity index (χ0v) is 13.1. The number of ketones is 1. The van der Waals surface area contributed by atoms with Crippen molar-refractivity contribution in [1.82, 2.24) is 4.90 Å². The van der Waals surface area contributed by atoms with Crippen molar-refractivity contribution in [1.29, 1.82) is 0 Å². The lowest BCUT2D eigenvalue weighted by Gasteiger charge is -2.16. The average molecular weight is 321 g/mol. The molecule has 0 aromatic heterocycles. The second-order valence-corrected chi connectivity index (χ2v) is 5.44. The molecule has 0 N–H and O–H groups in total. The number of amides is 1. The number of Topliss-reactive ketones (excluding diaryl/α,β-unsaturated/α-hetero) is 1. The van der Waals surface area contributed by atoms with Crippen LogP contribution in [-0.4, -0.2) is 29.1 Å². The van der Waals surface area contributed by atoms with E-state index in [2.05, 4.69) is 6.58 Å². The van der Waals surface area contributed by atoms with Crippen LogP contribution in [0.5, 0.6) is 5.75 Å².